The highest BCUT2D eigenvalue weighted by molar-refractivity contribution is 5.80. The second-order valence-electron chi connectivity index (χ2n) is 10.0. The first-order chi connectivity index (χ1) is 17.8. The first-order valence-electron chi connectivity index (χ1n) is 12.5. The third kappa shape index (κ3) is 5.36. The maximum Gasteiger partial charge on any atom is 0.260 e. The molecular weight excluding hydrogens is 477 g/mol. The van der Waals surface area contributed by atoms with Gasteiger partial charge in [0.1, 0.15) is 5.75 Å². The maximum atomic E-state index is 14.6. The number of fused-ring (bicyclic) bond motifs is 2. The Morgan fingerprint density at radius 2 is 1.95 bits per heavy atom. The van der Waals surface area contributed by atoms with E-state index in [0.29, 0.717) is 24.5 Å². The summed E-state index contributed by atoms with van der Waals surface area (Å²) in [7, 11) is 2.04. The number of allylic oxidation sites excluding steroid dienone is 1. The maximum absolute atomic E-state index is 14.6. The normalized spacial score (nSPS) is 24.8. The van der Waals surface area contributed by atoms with Crippen LogP contribution in [-0.4, -0.2) is 77.5 Å². The average molecular weight is 510 g/mol. The largest absolute Gasteiger partial charge is 0.483 e. The fourth-order valence-corrected chi connectivity index (χ4v) is 5.34. The number of nitrogens with two attached hydrogens (primary N) is 1. The van der Waals surface area contributed by atoms with Crippen LogP contribution in [0.15, 0.2) is 36.5 Å². The number of hydrogen-bond donors (Lipinski definition) is 3. The number of carbonyl (C=O) groups excluding carboxylic acids is 2. The zero-order valence-corrected chi connectivity index (χ0v) is 21.0. The molecule has 1 aromatic heterocycles. The predicted octanol–water partition coefficient (Wildman–Crippen LogP) is 1.91. The van der Waals surface area contributed by atoms with E-state index in [0.717, 1.165) is 31.3 Å². The number of likely N-dealkylation sites (N-methyl/N-ethyl adjacent to an activating group) is 1. The lowest BCUT2D eigenvalue weighted by atomic mass is 9.88. The molecular formula is C26H32FN7O3. The highest BCUT2D eigenvalue weighted by atomic mass is 19.1. The van der Waals surface area contributed by atoms with Crippen molar-refractivity contribution in [3.8, 4) is 5.75 Å². The van der Waals surface area contributed by atoms with Crippen molar-refractivity contribution in [3.05, 3.63) is 47.9 Å². The molecule has 0 spiro atoms. The number of amides is 2. The number of piperazine rings is 1. The minimum atomic E-state index is -0.615. The van der Waals surface area contributed by atoms with E-state index in [1.165, 1.54) is 0 Å². The van der Waals surface area contributed by atoms with Crippen LogP contribution in [-0.2, 0) is 9.59 Å². The number of carbonyl (C=O) groups is 2. The zero-order valence-electron chi connectivity index (χ0n) is 21.0. The monoisotopic (exact) mass is 509 g/mol. The van der Waals surface area contributed by atoms with E-state index < -0.39 is 17.6 Å². The summed E-state index contributed by atoms with van der Waals surface area (Å²) in [6.07, 6.45) is 5.95. The smallest absolute Gasteiger partial charge is 0.260 e. The van der Waals surface area contributed by atoms with Crippen molar-refractivity contribution >= 4 is 29.3 Å². The van der Waals surface area contributed by atoms with Gasteiger partial charge in [-0.25, -0.2) is 9.37 Å². The molecule has 2 aromatic rings. The minimum Gasteiger partial charge on any atom is -0.483 e. The Labute approximate surface area is 215 Å². The Morgan fingerprint density at radius 1 is 1.19 bits per heavy atom. The summed E-state index contributed by atoms with van der Waals surface area (Å²) >= 11 is 0. The molecule has 1 aliphatic heterocycles. The summed E-state index contributed by atoms with van der Waals surface area (Å²) in [5.74, 6) is -0.561. The lowest BCUT2D eigenvalue weighted by Gasteiger charge is -2.32. The van der Waals surface area contributed by atoms with Gasteiger partial charge in [0, 0.05) is 44.0 Å². The highest BCUT2D eigenvalue weighted by Crippen LogP contribution is 2.45. The summed E-state index contributed by atoms with van der Waals surface area (Å²) in [4.78, 5) is 36.9. The van der Waals surface area contributed by atoms with Gasteiger partial charge in [0.25, 0.3) is 5.91 Å². The molecule has 1 saturated carbocycles. The number of aryl methyl sites for hydroxylation is 1. The van der Waals surface area contributed by atoms with Gasteiger partial charge in [0.05, 0.1) is 12.1 Å². The fraction of sp³-hybridized carbons (Fsp3) is 0.462. The van der Waals surface area contributed by atoms with Crippen LogP contribution in [0.1, 0.15) is 12.0 Å². The SMILES string of the molecule is Cc1ccc(Nc2ncc(F)c(NC3C4C=CC(C4)C3C(N)=O)n2)cc1OCC(=O)N1CCN(C)CC1. The molecule has 2 bridgehead atoms. The van der Waals surface area contributed by atoms with Crippen molar-refractivity contribution in [2.75, 3.05) is 50.5 Å². The van der Waals surface area contributed by atoms with Crippen LogP contribution in [0.25, 0.3) is 0 Å². The van der Waals surface area contributed by atoms with E-state index >= 15 is 0 Å². The van der Waals surface area contributed by atoms with Gasteiger partial charge in [0.15, 0.2) is 18.2 Å². The quantitative estimate of drug-likeness (QED) is 0.461. The molecule has 10 nitrogen and oxygen atoms in total. The van der Waals surface area contributed by atoms with Gasteiger partial charge in [0.2, 0.25) is 11.9 Å². The molecule has 2 aliphatic carbocycles. The third-order valence-corrected chi connectivity index (χ3v) is 7.49. The molecule has 4 atom stereocenters. The Balaban J connectivity index is 1.25. The number of hydrogen-bond acceptors (Lipinski definition) is 8. The standard InChI is InChI=1S/C26H32FN7O3/c1-15-3-6-18(12-20(15)37-14-21(35)34-9-7-33(2)8-10-34)30-26-29-13-19(27)25(32-26)31-23-17-5-4-16(11-17)22(23)24(28)36/h3-6,12-13,16-17,22-23H,7-11,14H2,1-2H3,(H2,28,36)(H2,29,30,31,32). The zero-order chi connectivity index (χ0) is 26.1. The van der Waals surface area contributed by atoms with Crippen LogP contribution < -0.4 is 21.1 Å². The second kappa shape index (κ2) is 10.3. The molecule has 2 amide bonds. The van der Waals surface area contributed by atoms with E-state index in [-0.39, 0.29) is 42.2 Å². The molecule has 3 aliphatic rings. The van der Waals surface area contributed by atoms with Crippen molar-refractivity contribution in [1.82, 2.24) is 19.8 Å². The van der Waals surface area contributed by atoms with Crippen LogP contribution in [0.2, 0.25) is 0 Å². The van der Waals surface area contributed by atoms with Crippen LogP contribution >= 0.6 is 0 Å². The van der Waals surface area contributed by atoms with Crippen molar-refractivity contribution in [1.29, 1.82) is 0 Å². The topological polar surface area (TPSA) is 126 Å². The van der Waals surface area contributed by atoms with Crippen LogP contribution in [0.5, 0.6) is 5.75 Å². The number of benzene rings is 1. The summed E-state index contributed by atoms with van der Waals surface area (Å²) in [6, 6.07) is 5.13. The van der Waals surface area contributed by atoms with Crippen molar-refractivity contribution < 1.29 is 18.7 Å². The molecule has 4 unspecified atom stereocenters. The van der Waals surface area contributed by atoms with Crippen molar-refractivity contribution in [2.24, 2.45) is 23.5 Å². The molecule has 1 saturated heterocycles. The number of anilines is 3. The van der Waals surface area contributed by atoms with E-state index in [4.69, 9.17) is 10.5 Å². The third-order valence-electron chi connectivity index (χ3n) is 7.49. The predicted molar refractivity (Wildman–Crippen MR) is 137 cm³/mol. The fourth-order valence-electron chi connectivity index (χ4n) is 5.34. The van der Waals surface area contributed by atoms with Gasteiger partial charge in [-0.15, -0.1) is 0 Å². The van der Waals surface area contributed by atoms with Gasteiger partial charge >= 0.3 is 0 Å². The number of nitrogens with zero attached hydrogens (tertiary/aromatic N) is 4. The van der Waals surface area contributed by atoms with E-state index in [1.807, 2.05) is 43.2 Å². The van der Waals surface area contributed by atoms with Gasteiger partial charge < -0.3 is 30.9 Å². The lowest BCUT2D eigenvalue weighted by molar-refractivity contribution is -0.135. The molecule has 196 valence electrons. The van der Waals surface area contributed by atoms with Gasteiger partial charge in [-0.2, -0.15) is 4.98 Å². The highest BCUT2D eigenvalue weighted by Gasteiger charge is 2.47. The average Bonchev–Trinajstić information content (AvgIpc) is 3.48. The number of primary amides is 1. The molecule has 5 rings (SSSR count). The second-order valence-corrected chi connectivity index (χ2v) is 10.0. The summed E-state index contributed by atoms with van der Waals surface area (Å²) in [5, 5.41) is 6.17. The molecule has 2 fully saturated rings. The van der Waals surface area contributed by atoms with Crippen LogP contribution in [0, 0.1) is 30.5 Å². The number of nitrogens with one attached hydrogen (secondary N) is 2. The molecule has 0 radical (unpaired) electrons. The van der Waals surface area contributed by atoms with Crippen molar-refractivity contribution in [3.63, 3.8) is 0 Å². The van der Waals surface area contributed by atoms with Gasteiger partial charge in [-0.05, 0) is 43.9 Å². The number of ether oxygens (including phenoxy) is 1. The number of aromatic nitrogens is 2. The molecule has 1 aromatic carbocycles. The molecule has 2 heterocycles. The molecule has 11 heteroatoms. The number of rotatable bonds is 8. The first kappa shape index (κ1) is 24.9. The van der Waals surface area contributed by atoms with Gasteiger partial charge in [-0.1, -0.05) is 18.2 Å². The summed E-state index contributed by atoms with van der Waals surface area (Å²) in [5.41, 5.74) is 7.13. The van der Waals surface area contributed by atoms with Crippen LogP contribution in [0.4, 0.5) is 21.8 Å². The Bertz CT molecular complexity index is 1210. The molecule has 4 N–H and O–H groups in total. The Hall–Kier alpha value is -3.73. The van der Waals surface area contributed by atoms with E-state index in [9.17, 15) is 14.0 Å². The molecule has 37 heavy (non-hydrogen) atoms. The first-order valence-corrected chi connectivity index (χ1v) is 12.5. The van der Waals surface area contributed by atoms with E-state index in [2.05, 4.69) is 25.5 Å². The van der Waals surface area contributed by atoms with Crippen LogP contribution in [0.3, 0.4) is 0 Å². The van der Waals surface area contributed by atoms with Crippen molar-refractivity contribution in [2.45, 2.75) is 19.4 Å². The summed E-state index contributed by atoms with van der Waals surface area (Å²) in [6.45, 7) is 4.93. The Morgan fingerprint density at radius 3 is 2.70 bits per heavy atom. The lowest BCUT2D eigenvalue weighted by Crippen LogP contribution is -2.48. The Kier molecular flexibility index (Phi) is 6.96. The van der Waals surface area contributed by atoms with Gasteiger partial charge in [-0.3, -0.25) is 9.59 Å². The minimum absolute atomic E-state index is 0.0102. The van der Waals surface area contributed by atoms with E-state index in [1.54, 1.807) is 6.07 Å². The number of halogens is 1. The summed E-state index contributed by atoms with van der Waals surface area (Å²) < 4.78 is 20.4.